The maximum Gasteiger partial charge on any atom is 0.251 e. The summed E-state index contributed by atoms with van der Waals surface area (Å²) in [6.07, 6.45) is 0. The van der Waals surface area contributed by atoms with Gasteiger partial charge in [0.1, 0.15) is 24.1 Å². The number of nitrogens with one attached hydrogen (secondary N) is 1. The maximum absolute atomic E-state index is 13.9. The van der Waals surface area contributed by atoms with E-state index in [1.807, 2.05) is 43.3 Å². The number of aromatic hydroxyl groups is 1. The van der Waals surface area contributed by atoms with Gasteiger partial charge in [-0.25, -0.2) is 0 Å². The third-order valence-corrected chi connectivity index (χ3v) is 6.02. The number of aromatic nitrogens is 4. The number of anilines is 1. The molecule has 196 valence electrons. The Morgan fingerprint density at radius 3 is 2.31 bits per heavy atom. The number of carbonyl (C=O) groups is 2. The summed E-state index contributed by atoms with van der Waals surface area (Å²) in [7, 11) is 0. The van der Waals surface area contributed by atoms with Gasteiger partial charge in [-0.05, 0) is 59.7 Å². The van der Waals surface area contributed by atoms with E-state index in [0.717, 1.165) is 5.56 Å². The molecule has 0 spiro atoms. The molecule has 0 aliphatic rings. The van der Waals surface area contributed by atoms with E-state index in [2.05, 4.69) is 20.7 Å². The molecule has 3 aromatic carbocycles. The molecule has 1 unspecified atom stereocenters. The number of amides is 2. The van der Waals surface area contributed by atoms with Crippen molar-refractivity contribution in [3.05, 3.63) is 114 Å². The maximum atomic E-state index is 13.9. The van der Waals surface area contributed by atoms with Crippen LogP contribution in [0.1, 0.15) is 22.9 Å². The fourth-order valence-corrected chi connectivity index (χ4v) is 4.14. The molecular formula is C29H26N6O4. The van der Waals surface area contributed by atoms with Gasteiger partial charge in [0.25, 0.3) is 5.91 Å². The quantitative estimate of drug-likeness (QED) is 0.299. The van der Waals surface area contributed by atoms with Crippen molar-refractivity contribution in [2.75, 3.05) is 4.90 Å². The summed E-state index contributed by atoms with van der Waals surface area (Å²) in [6.45, 7) is 1.81. The number of rotatable bonds is 9. The number of nitrogens with zero attached hydrogens (tertiary/aromatic N) is 5. The highest BCUT2D eigenvalue weighted by Crippen LogP contribution is 2.29. The summed E-state index contributed by atoms with van der Waals surface area (Å²) in [6, 6.07) is 27.1. The van der Waals surface area contributed by atoms with Gasteiger partial charge in [-0.2, -0.15) is 4.80 Å². The number of carbonyl (C=O) groups excluding carboxylic acids is 2. The number of phenols is 1. The number of phenolic OH excluding ortho intramolecular Hbond substituents is 1. The van der Waals surface area contributed by atoms with Crippen molar-refractivity contribution < 1.29 is 19.1 Å². The van der Waals surface area contributed by atoms with Gasteiger partial charge in [-0.1, -0.05) is 60.7 Å². The molecule has 5 aromatic rings. The minimum absolute atomic E-state index is 0.0484. The number of para-hydroxylation sites is 1. The molecular weight excluding hydrogens is 496 g/mol. The van der Waals surface area contributed by atoms with Gasteiger partial charge in [-0.3, -0.25) is 14.5 Å². The zero-order valence-corrected chi connectivity index (χ0v) is 21.1. The summed E-state index contributed by atoms with van der Waals surface area (Å²) in [5.74, 6) is 0.609. The number of hydrogen-bond donors (Lipinski definition) is 2. The fourth-order valence-electron chi connectivity index (χ4n) is 4.14. The van der Waals surface area contributed by atoms with Crippen LogP contribution in [0.3, 0.4) is 0 Å². The number of aryl methyl sites for hydroxylation is 1. The van der Waals surface area contributed by atoms with E-state index in [1.54, 1.807) is 48.5 Å². The van der Waals surface area contributed by atoms with Crippen LogP contribution in [-0.2, 0) is 22.7 Å². The first-order valence-corrected chi connectivity index (χ1v) is 12.3. The Kier molecular flexibility index (Phi) is 7.44. The Labute approximate surface area is 224 Å². The number of hydrogen-bond acceptors (Lipinski definition) is 7. The number of tetrazole rings is 1. The van der Waals surface area contributed by atoms with E-state index < -0.39 is 11.9 Å². The van der Waals surface area contributed by atoms with Crippen molar-refractivity contribution in [1.29, 1.82) is 0 Å². The fraction of sp³-hybridized carbons (Fsp3) is 0.138. The molecule has 2 aromatic heterocycles. The smallest absolute Gasteiger partial charge is 0.251 e. The molecule has 0 aliphatic heterocycles. The van der Waals surface area contributed by atoms with Crippen molar-refractivity contribution in [2.45, 2.75) is 26.1 Å². The first-order chi connectivity index (χ1) is 19.0. The van der Waals surface area contributed by atoms with Crippen LogP contribution >= 0.6 is 0 Å². The van der Waals surface area contributed by atoms with Crippen molar-refractivity contribution in [1.82, 2.24) is 25.5 Å². The topological polar surface area (TPSA) is 126 Å². The molecule has 0 saturated heterocycles. The van der Waals surface area contributed by atoms with Crippen molar-refractivity contribution in [3.63, 3.8) is 0 Å². The molecule has 10 nitrogen and oxygen atoms in total. The molecule has 10 heteroatoms. The Morgan fingerprint density at radius 2 is 1.64 bits per heavy atom. The van der Waals surface area contributed by atoms with Gasteiger partial charge < -0.3 is 14.8 Å². The highest BCUT2D eigenvalue weighted by Gasteiger charge is 2.33. The average Bonchev–Trinajstić information content (AvgIpc) is 3.61. The summed E-state index contributed by atoms with van der Waals surface area (Å²) < 4.78 is 5.56. The largest absolute Gasteiger partial charge is 0.508 e. The second-order valence-corrected chi connectivity index (χ2v) is 8.85. The Hall–Kier alpha value is -5.25. The van der Waals surface area contributed by atoms with E-state index in [-0.39, 0.29) is 30.6 Å². The van der Waals surface area contributed by atoms with Gasteiger partial charge in [0.15, 0.2) is 5.76 Å². The standard InChI is InChI=1S/C29H26N6O4/c1-20-12-17-25(39-20)28-31-33-34(32-28)19-26(37)35(23-10-6-3-7-11-23)27(22-13-15-24(36)16-14-22)29(38)30-18-21-8-4-2-5-9-21/h2-17,27,36H,18-19H2,1H3,(H,30,38). The average molecular weight is 523 g/mol. The third kappa shape index (κ3) is 6.02. The molecule has 0 fully saturated rings. The molecule has 2 N–H and O–H groups in total. The lowest BCUT2D eigenvalue weighted by Gasteiger charge is -2.31. The van der Waals surface area contributed by atoms with Gasteiger partial charge in [0.2, 0.25) is 11.7 Å². The Balaban J connectivity index is 1.48. The molecule has 2 heterocycles. The SMILES string of the molecule is Cc1ccc(-c2nnn(CC(=O)N(c3ccccc3)C(C(=O)NCc3ccccc3)c3ccc(O)cc3)n2)o1. The third-order valence-electron chi connectivity index (χ3n) is 6.02. The van der Waals surface area contributed by atoms with Crippen LogP contribution in [0.25, 0.3) is 11.6 Å². The van der Waals surface area contributed by atoms with Crippen molar-refractivity contribution >= 4 is 17.5 Å². The lowest BCUT2D eigenvalue weighted by molar-refractivity contribution is -0.127. The highest BCUT2D eigenvalue weighted by molar-refractivity contribution is 6.01. The number of benzene rings is 3. The molecule has 5 rings (SSSR count). The normalized spacial score (nSPS) is 11.6. The van der Waals surface area contributed by atoms with E-state index in [4.69, 9.17) is 4.42 Å². The van der Waals surface area contributed by atoms with Crippen molar-refractivity contribution in [3.8, 4) is 17.3 Å². The predicted molar refractivity (Wildman–Crippen MR) is 143 cm³/mol. The molecule has 0 radical (unpaired) electrons. The summed E-state index contributed by atoms with van der Waals surface area (Å²) >= 11 is 0. The van der Waals surface area contributed by atoms with Crippen LogP contribution in [-0.4, -0.2) is 37.1 Å². The molecule has 0 saturated carbocycles. The van der Waals surface area contributed by atoms with Crippen LogP contribution in [0.5, 0.6) is 5.75 Å². The molecule has 1 atom stereocenters. The number of furan rings is 1. The molecule has 39 heavy (non-hydrogen) atoms. The second kappa shape index (κ2) is 11.4. The second-order valence-electron chi connectivity index (χ2n) is 8.85. The van der Waals surface area contributed by atoms with Crippen molar-refractivity contribution in [2.24, 2.45) is 0 Å². The van der Waals surface area contributed by atoms with Gasteiger partial charge in [0.05, 0.1) is 0 Å². The Bertz CT molecular complexity index is 1550. The molecule has 2 amide bonds. The molecule has 0 aliphatic carbocycles. The lowest BCUT2D eigenvalue weighted by Crippen LogP contribution is -2.45. The zero-order valence-electron chi connectivity index (χ0n) is 21.1. The van der Waals surface area contributed by atoms with Crippen LogP contribution in [0.2, 0.25) is 0 Å². The van der Waals surface area contributed by atoms with E-state index in [0.29, 0.717) is 22.8 Å². The van der Waals surface area contributed by atoms with Crippen LogP contribution < -0.4 is 10.2 Å². The minimum Gasteiger partial charge on any atom is -0.508 e. The monoisotopic (exact) mass is 522 g/mol. The van der Waals surface area contributed by atoms with Crippen LogP contribution in [0.4, 0.5) is 5.69 Å². The predicted octanol–water partition coefficient (Wildman–Crippen LogP) is 4.04. The summed E-state index contributed by atoms with van der Waals surface area (Å²) in [5, 5.41) is 25.1. The zero-order chi connectivity index (χ0) is 27.2. The van der Waals surface area contributed by atoms with Gasteiger partial charge in [0, 0.05) is 12.2 Å². The highest BCUT2D eigenvalue weighted by atomic mass is 16.3. The van der Waals surface area contributed by atoms with E-state index in [1.165, 1.54) is 21.8 Å². The van der Waals surface area contributed by atoms with Gasteiger partial charge in [-0.15, -0.1) is 10.2 Å². The summed E-state index contributed by atoms with van der Waals surface area (Å²) in [5.41, 5.74) is 1.95. The molecule has 0 bridgehead atoms. The van der Waals surface area contributed by atoms with E-state index in [9.17, 15) is 14.7 Å². The lowest BCUT2D eigenvalue weighted by atomic mass is 10.0. The van der Waals surface area contributed by atoms with E-state index >= 15 is 0 Å². The van der Waals surface area contributed by atoms with Gasteiger partial charge >= 0.3 is 0 Å². The van der Waals surface area contributed by atoms with Crippen LogP contribution in [0.15, 0.2) is 101 Å². The Morgan fingerprint density at radius 1 is 0.949 bits per heavy atom. The summed E-state index contributed by atoms with van der Waals surface area (Å²) in [4.78, 5) is 30.2. The van der Waals surface area contributed by atoms with Crippen LogP contribution in [0, 0.1) is 6.92 Å². The first-order valence-electron chi connectivity index (χ1n) is 12.3. The minimum atomic E-state index is -1.04. The first kappa shape index (κ1) is 25.4.